The highest BCUT2D eigenvalue weighted by molar-refractivity contribution is 6.30. The third-order valence-corrected chi connectivity index (χ3v) is 5.45. The molecule has 2 aromatic rings. The lowest BCUT2D eigenvalue weighted by Crippen LogP contribution is -2.46. The largest absolute Gasteiger partial charge is 0.370 e. The minimum absolute atomic E-state index is 0.154. The van der Waals surface area contributed by atoms with Gasteiger partial charge in [0.2, 0.25) is 0 Å². The second-order valence-electron chi connectivity index (χ2n) is 6.81. The molecule has 0 aliphatic carbocycles. The van der Waals surface area contributed by atoms with E-state index in [1.54, 1.807) is 0 Å². The quantitative estimate of drug-likeness (QED) is 0.836. The lowest BCUT2D eigenvalue weighted by molar-refractivity contribution is -0.0989. The van der Waals surface area contributed by atoms with Crippen LogP contribution in [0.2, 0.25) is 5.02 Å². The van der Waals surface area contributed by atoms with Crippen LogP contribution >= 0.6 is 11.6 Å². The van der Waals surface area contributed by atoms with Crippen molar-refractivity contribution in [3.05, 3.63) is 58.1 Å². The van der Waals surface area contributed by atoms with E-state index in [9.17, 15) is 0 Å². The first-order valence-electron chi connectivity index (χ1n) is 8.57. The molecule has 3 heterocycles. The van der Waals surface area contributed by atoms with Crippen LogP contribution < -0.4 is 0 Å². The number of aryl methyl sites for hydroxylation is 1. The van der Waals surface area contributed by atoms with Crippen molar-refractivity contribution < 1.29 is 4.74 Å². The molecule has 2 aliphatic rings. The predicted molar refractivity (Wildman–Crippen MR) is 94.1 cm³/mol. The maximum atomic E-state index is 6.29. The Morgan fingerprint density at radius 1 is 1.21 bits per heavy atom. The molecule has 1 fully saturated rings. The first-order valence-corrected chi connectivity index (χ1v) is 8.95. The molecule has 0 radical (unpaired) electrons. The maximum absolute atomic E-state index is 6.29. The van der Waals surface area contributed by atoms with E-state index in [4.69, 9.17) is 16.3 Å². The van der Waals surface area contributed by atoms with Gasteiger partial charge in [0.1, 0.15) is 5.82 Å². The minimum atomic E-state index is -0.154. The van der Waals surface area contributed by atoms with Gasteiger partial charge in [-0.2, -0.15) is 0 Å². The summed E-state index contributed by atoms with van der Waals surface area (Å²) in [4.78, 5) is 11.0. The summed E-state index contributed by atoms with van der Waals surface area (Å²) in [5, 5.41) is 0.804. The van der Waals surface area contributed by atoms with Crippen molar-refractivity contribution >= 4 is 11.6 Å². The van der Waals surface area contributed by atoms with E-state index in [0.717, 1.165) is 56.4 Å². The van der Waals surface area contributed by atoms with Crippen molar-refractivity contribution in [3.63, 3.8) is 0 Å². The molecule has 0 unspecified atom stereocenters. The van der Waals surface area contributed by atoms with Gasteiger partial charge in [-0.1, -0.05) is 17.7 Å². The number of likely N-dealkylation sites (tertiary alicyclic amines) is 1. The van der Waals surface area contributed by atoms with Crippen molar-refractivity contribution in [2.45, 2.75) is 38.3 Å². The fraction of sp³-hybridized carbons (Fsp3) is 0.474. The number of hydrogen-bond acceptors (Lipinski definition) is 4. The number of ether oxygens (including phenoxy) is 1. The highest BCUT2D eigenvalue weighted by Crippen LogP contribution is 2.42. The van der Waals surface area contributed by atoms with Crippen LogP contribution in [0.5, 0.6) is 0 Å². The number of rotatable bonds is 2. The van der Waals surface area contributed by atoms with E-state index in [-0.39, 0.29) is 5.60 Å². The lowest BCUT2D eigenvalue weighted by Gasteiger charge is -2.45. The van der Waals surface area contributed by atoms with Crippen LogP contribution in [0.3, 0.4) is 0 Å². The second-order valence-corrected chi connectivity index (χ2v) is 7.25. The van der Waals surface area contributed by atoms with Gasteiger partial charge in [-0.3, -0.25) is 4.90 Å². The number of hydrogen-bond donors (Lipinski definition) is 0. The maximum Gasteiger partial charge on any atom is 0.125 e. The van der Waals surface area contributed by atoms with Crippen molar-refractivity contribution in [1.29, 1.82) is 0 Å². The molecule has 126 valence electrons. The molecule has 0 saturated carbocycles. The summed E-state index contributed by atoms with van der Waals surface area (Å²) in [6.07, 6.45) is 6.86. The molecule has 2 aliphatic heterocycles. The molecule has 1 spiro atoms. The first-order chi connectivity index (χ1) is 11.6. The number of aromatic nitrogens is 2. The molecule has 4 nitrogen and oxygen atoms in total. The molecule has 1 saturated heterocycles. The van der Waals surface area contributed by atoms with Crippen molar-refractivity contribution in [3.8, 4) is 0 Å². The van der Waals surface area contributed by atoms with Gasteiger partial charge in [-0.15, -0.1) is 0 Å². The van der Waals surface area contributed by atoms with E-state index in [2.05, 4.69) is 27.0 Å². The summed E-state index contributed by atoms with van der Waals surface area (Å²) >= 11 is 6.25. The highest BCUT2D eigenvalue weighted by atomic mass is 35.5. The molecular weight excluding hydrogens is 322 g/mol. The number of benzene rings is 1. The number of halogens is 1. The molecule has 0 amide bonds. The first kappa shape index (κ1) is 16.0. The normalized spacial score (nSPS) is 20.1. The van der Waals surface area contributed by atoms with E-state index < -0.39 is 0 Å². The Morgan fingerprint density at radius 2 is 1.96 bits per heavy atom. The molecule has 24 heavy (non-hydrogen) atoms. The zero-order valence-electron chi connectivity index (χ0n) is 14.0. The lowest BCUT2D eigenvalue weighted by atomic mass is 9.79. The third-order valence-electron chi connectivity index (χ3n) is 5.22. The Labute approximate surface area is 147 Å². The summed E-state index contributed by atoms with van der Waals surface area (Å²) in [5.41, 5.74) is 3.72. The zero-order valence-corrected chi connectivity index (χ0v) is 14.7. The molecule has 0 atom stereocenters. The number of fused-ring (bicyclic) bond motifs is 2. The molecule has 1 aromatic heterocycles. The zero-order chi connectivity index (χ0) is 16.6. The van der Waals surface area contributed by atoms with Gasteiger partial charge in [0.05, 0.1) is 12.2 Å². The van der Waals surface area contributed by atoms with Crippen LogP contribution in [0, 0.1) is 6.92 Å². The van der Waals surface area contributed by atoms with Crippen molar-refractivity contribution in [2.24, 2.45) is 0 Å². The molecule has 0 bridgehead atoms. The van der Waals surface area contributed by atoms with E-state index in [0.29, 0.717) is 0 Å². The fourth-order valence-corrected chi connectivity index (χ4v) is 4.04. The predicted octanol–water partition coefficient (Wildman–Crippen LogP) is 3.50. The van der Waals surface area contributed by atoms with Gasteiger partial charge >= 0.3 is 0 Å². The molecular formula is C19H22ClN3O. The standard InChI is InChI=1S/C19H22ClN3O/c1-14-21-11-15(12-22-14)13-23-7-5-19(6-8-23)18-10-17(20)3-2-16(18)4-9-24-19/h2-3,10-12H,4-9,13H2,1H3. The van der Waals surface area contributed by atoms with Crippen LogP contribution in [-0.2, 0) is 23.3 Å². The van der Waals surface area contributed by atoms with Gasteiger partial charge in [-0.05, 0) is 49.4 Å². The van der Waals surface area contributed by atoms with Crippen LogP contribution in [0.25, 0.3) is 0 Å². The molecule has 1 aromatic carbocycles. The van der Waals surface area contributed by atoms with Gasteiger partial charge in [0, 0.05) is 42.6 Å². The summed E-state index contributed by atoms with van der Waals surface area (Å²) in [5.74, 6) is 0.820. The molecule has 5 heteroatoms. The topological polar surface area (TPSA) is 38.2 Å². The van der Waals surface area contributed by atoms with Crippen LogP contribution in [-0.4, -0.2) is 34.6 Å². The van der Waals surface area contributed by atoms with Gasteiger partial charge in [0.25, 0.3) is 0 Å². The molecule has 0 N–H and O–H groups in total. The van der Waals surface area contributed by atoms with E-state index in [1.807, 2.05) is 25.4 Å². The summed E-state index contributed by atoms with van der Waals surface area (Å²) in [7, 11) is 0. The Balaban J connectivity index is 1.48. The average molecular weight is 344 g/mol. The third kappa shape index (κ3) is 3.06. The van der Waals surface area contributed by atoms with Crippen LogP contribution in [0.1, 0.15) is 35.4 Å². The SMILES string of the molecule is Cc1ncc(CN2CCC3(CC2)OCCc2ccc(Cl)cc23)cn1. The van der Waals surface area contributed by atoms with Gasteiger partial charge in [0.15, 0.2) is 0 Å². The van der Waals surface area contributed by atoms with Crippen LogP contribution in [0.15, 0.2) is 30.6 Å². The summed E-state index contributed by atoms with van der Waals surface area (Å²) < 4.78 is 6.29. The Kier molecular flexibility index (Phi) is 4.29. The highest BCUT2D eigenvalue weighted by Gasteiger charge is 2.40. The van der Waals surface area contributed by atoms with Crippen LogP contribution in [0.4, 0.5) is 0 Å². The summed E-state index contributed by atoms with van der Waals surface area (Å²) in [6.45, 7) is 5.65. The minimum Gasteiger partial charge on any atom is -0.370 e. The second kappa shape index (κ2) is 6.43. The number of nitrogens with zero attached hydrogens (tertiary/aromatic N) is 3. The van der Waals surface area contributed by atoms with Crippen molar-refractivity contribution in [2.75, 3.05) is 19.7 Å². The monoisotopic (exact) mass is 343 g/mol. The Bertz CT molecular complexity index is 724. The fourth-order valence-electron chi connectivity index (χ4n) is 3.87. The van der Waals surface area contributed by atoms with Gasteiger partial charge < -0.3 is 4.74 Å². The van der Waals surface area contributed by atoms with Gasteiger partial charge in [-0.25, -0.2) is 9.97 Å². The molecule has 4 rings (SSSR count). The van der Waals surface area contributed by atoms with E-state index in [1.165, 1.54) is 16.7 Å². The Morgan fingerprint density at radius 3 is 2.71 bits per heavy atom. The number of piperidine rings is 1. The average Bonchev–Trinajstić information content (AvgIpc) is 2.60. The Hall–Kier alpha value is -1.49. The summed E-state index contributed by atoms with van der Waals surface area (Å²) in [6, 6.07) is 6.27. The smallest absolute Gasteiger partial charge is 0.125 e. The van der Waals surface area contributed by atoms with Crippen molar-refractivity contribution in [1.82, 2.24) is 14.9 Å². The van der Waals surface area contributed by atoms with E-state index >= 15 is 0 Å².